The zero-order valence-electron chi connectivity index (χ0n) is 11.4. The third-order valence-corrected chi connectivity index (χ3v) is 3.56. The topological polar surface area (TPSA) is 35.8 Å². The van der Waals surface area contributed by atoms with E-state index >= 15 is 0 Å². The predicted molar refractivity (Wildman–Crippen MR) is 79.7 cm³/mol. The Morgan fingerprint density at radius 2 is 2.00 bits per heavy atom. The van der Waals surface area contributed by atoms with Crippen molar-refractivity contribution in [2.45, 2.75) is 32.2 Å². The summed E-state index contributed by atoms with van der Waals surface area (Å²) in [5, 5.41) is 12.0. The van der Waals surface area contributed by atoms with Crippen LogP contribution < -0.4 is 5.32 Å². The van der Waals surface area contributed by atoms with E-state index in [4.69, 9.17) is 5.26 Å². The molecule has 0 aromatic heterocycles. The lowest BCUT2D eigenvalue weighted by molar-refractivity contribution is 0.593. The van der Waals surface area contributed by atoms with Crippen molar-refractivity contribution in [2.75, 3.05) is 18.6 Å². The second-order valence-corrected chi connectivity index (χ2v) is 5.53. The Hall–Kier alpha value is -1.05. The standard InChI is InChI=1S/C15H21FN2S/c1-19-7-5-3-2-4-6-18-12-14-8-13(11-17)9-15(16)10-14/h8-10,18H,2-7,12H2,1H3. The zero-order valence-corrected chi connectivity index (χ0v) is 12.2. The molecule has 19 heavy (non-hydrogen) atoms. The molecule has 1 aromatic rings. The van der Waals surface area contributed by atoms with E-state index in [9.17, 15) is 4.39 Å². The van der Waals surface area contributed by atoms with Gasteiger partial charge in [-0.3, -0.25) is 0 Å². The van der Waals surface area contributed by atoms with E-state index in [2.05, 4.69) is 11.6 Å². The second kappa shape index (κ2) is 9.82. The van der Waals surface area contributed by atoms with Gasteiger partial charge >= 0.3 is 0 Å². The van der Waals surface area contributed by atoms with E-state index in [1.807, 2.05) is 17.8 Å². The third kappa shape index (κ3) is 7.19. The van der Waals surface area contributed by atoms with Crippen LogP contribution in [0.1, 0.15) is 36.8 Å². The second-order valence-electron chi connectivity index (χ2n) is 4.54. The largest absolute Gasteiger partial charge is 0.313 e. The van der Waals surface area contributed by atoms with Crippen molar-refractivity contribution < 1.29 is 4.39 Å². The van der Waals surface area contributed by atoms with Crippen LogP contribution in [0.15, 0.2) is 18.2 Å². The van der Waals surface area contributed by atoms with Crippen LogP contribution >= 0.6 is 11.8 Å². The molecule has 0 bridgehead atoms. The number of benzene rings is 1. The van der Waals surface area contributed by atoms with E-state index in [-0.39, 0.29) is 5.82 Å². The molecule has 0 heterocycles. The van der Waals surface area contributed by atoms with Crippen LogP contribution in [0, 0.1) is 17.1 Å². The van der Waals surface area contributed by atoms with Crippen LogP contribution in [0.5, 0.6) is 0 Å². The Morgan fingerprint density at radius 3 is 2.74 bits per heavy atom. The van der Waals surface area contributed by atoms with Crippen LogP contribution in [-0.4, -0.2) is 18.6 Å². The van der Waals surface area contributed by atoms with Gasteiger partial charge in [0.2, 0.25) is 0 Å². The van der Waals surface area contributed by atoms with Crippen LogP contribution in [0.2, 0.25) is 0 Å². The van der Waals surface area contributed by atoms with Gasteiger partial charge in [-0.25, -0.2) is 4.39 Å². The summed E-state index contributed by atoms with van der Waals surface area (Å²) < 4.78 is 13.2. The molecule has 4 heteroatoms. The molecule has 0 atom stereocenters. The number of unbranched alkanes of at least 4 members (excludes halogenated alkanes) is 3. The van der Waals surface area contributed by atoms with Gasteiger partial charge in [-0.1, -0.05) is 12.8 Å². The minimum absolute atomic E-state index is 0.340. The van der Waals surface area contributed by atoms with Gasteiger partial charge in [0.15, 0.2) is 0 Å². The summed E-state index contributed by atoms with van der Waals surface area (Å²) in [6.45, 7) is 1.56. The van der Waals surface area contributed by atoms with E-state index < -0.39 is 0 Å². The summed E-state index contributed by atoms with van der Waals surface area (Å²) in [5.41, 5.74) is 1.22. The number of hydrogen-bond acceptors (Lipinski definition) is 3. The fourth-order valence-corrected chi connectivity index (χ4v) is 2.39. The molecule has 0 saturated carbocycles. The molecule has 104 valence electrons. The van der Waals surface area contributed by atoms with E-state index in [1.54, 1.807) is 6.07 Å². The average molecular weight is 280 g/mol. The number of nitrogens with one attached hydrogen (secondary N) is 1. The molecule has 0 spiro atoms. The molecule has 1 rings (SSSR count). The molecule has 0 amide bonds. The van der Waals surface area contributed by atoms with E-state index in [1.165, 1.54) is 37.1 Å². The number of thioether (sulfide) groups is 1. The van der Waals surface area contributed by atoms with Gasteiger partial charge in [0, 0.05) is 6.54 Å². The molecule has 1 aromatic carbocycles. The lowest BCUT2D eigenvalue weighted by Crippen LogP contribution is -2.14. The molecule has 2 nitrogen and oxygen atoms in total. The van der Waals surface area contributed by atoms with Gasteiger partial charge < -0.3 is 5.32 Å². The Kier molecular flexibility index (Phi) is 8.28. The Bertz CT molecular complexity index is 415. The van der Waals surface area contributed by atoms with Crippen LogP contribution in [0.25, 0.3) is 0 Å². The first-order chi connectivity index (χ1) is 9.26. The lowest BCUT2D eigenvalue weighted by atomic mass is 10.1. The van der Waals surface area contributed by atoms with Crippen molar-refractivity contribution in [3.63, 3.8) is 0 Å². The van der Waals surface area contributed by atoms with E-state index in [0.29, 0.717) is 12.1 Å². The predicted octanol–water partition coefficient (Wildman–Crippen LogP) is 3.71. The highest BCUT2D eigenvalue weighted by Gasteiger charge is 2.00. The summed E-state index contributed by atoms with van der Waals surface area (Å²) >= 11 is 1.89. The zero-order chi connectivity index (χ0) is 13.9. The van der Waals surface area contributed by atoms with Gasteiger partial charge in [0.05, 0.1) is 11.6 Å². The van der Waals surface area contributed by atoms with E-state index in [0.717, 1.165) is 18.5 Å². The van der Waals surface area contributed by atoms with Crippen LogP contribution in [0.3, 0.4) is 0 Å². The van der Waals surface area contributed by atoms with Gasteiger partial charge in [-0.2, -0.15) is 17.0 Å². The maximum Gasteiger partial charge on any atom is 0.124 e. The molecule has 0 radical (unpaired) electrons. The monoisotopic (exact) mass is 280 g/mol. The molecular weight excluding hydrogens is 259 g/mol. The summed E-state index contributed by atoms with van der Waals surface area (Å²) in [6.07, 6.45) is 7.09. The lowest BCUT2D eigenvalue weighted by Gasteiger charge is -2.05. The van der Waals surface area contributed by atoms with Crippen LogP contribution in [0.4, 0.5) is 4.39 Å². The number of nitrogens with zero attached hydrogens (tertiary/aromatic N) is 1. The smallest absolute Gasteiger partial charge is 0.124 e. The highest BCUT2D eigenvalue weighted by atomic mass is 32.2. The normalized spacial score (nSPS) is 10.4. The maximum absolute atomic E-state index is 13.2. The summed E-state index contributed by atoms with van der Waals surface area (Å²) in [7, 11) is 0. The molecule has 0 saturated heterocycles. The summed E-state index contributed by atoms with van der Waals surface area (Å²) in [4.78, 5) is 0. The first kappa shape index (κ1) is 16.0. The van der Waals surface area contributed by atoms with Crippen molar-refractivity contribution in [2.24, 2.45) is 0 Å². The van der Waals surface area contributed by atoms with Gasteiger partial charge in [0.1, 0.15) is 5.82 Å². The van der Waals surface area contributed by atoms with Crippen molar-refractivity contribution >= 4 is 11.8 Å². The van der Waals surface area contributed by atoms with Crippen molar-refractivity contribution in [1.29, 1.82) is 5.26 Å². The molecule has 0 aliphatic rings. The first-order valence-electron chi connectivity index (χ1n) is 6.65. The highest BCUT2D eigenvalue weighted by molar-refractivity contribution is 7.98. The number of nitriles is 1. The van der Waals surface area contributed by atoms with Gasteiger partial charge in [-0.15, -0.1) is 0 Å². The summed E-state index contributed by atoms with van der Waals surface area (Å²) in [6, 6.07) is 6.44. The molecule has 0 unspecified atom stereocenters. The first-order valence-corrected chi connectivity index (χ1v) is 8.05. The molecular formula is C15H21FN2S. The number of rotatable bonds is 9. The van der Waals surface area contributed by atoms with Gasteiger partial charge in [-0.05, 0) is 55.2 Å². The Morgan fingerprint density at radius 1 is 1.21 bits per heavy atom. The third-order valence-electron chi connectivity index (χ3n) is 2.87. The molecule has 0 aliphatic heterocycles. The fraction of sp³-hybridized carbons (Fsp3) is 0.533. The number of hydrogen-bond donors (Lipinski definition) is 1. The summed E-state index contributed by atoms with van der Waals surface area (Å²) in [5.74, 6) is 0.904. The molecule has 0 aliphatic carbocycles. The fourth-order valence-electron chi connectivity index (χ4n) is 1.90. The maximum atomic E-state index is 13.2. The van der Waals surface area contributed by atoms with Crippen molar-refractivity contribution in [3.8, 4) is 6.07 Å². The van der Waals surface area contributed by atoms with Crippen molar-refractivity contribution in [1.82, 2.24) is 5.32 Å². The Balaban J connectivity index is 2.16. The SMILES string of the molecule is CSCCCCCCNCc1cc(F)cc(C#N)c1. The molecule has 1 N–H and O–H groups in total. The van der Waals surface area contributed by atoms with Gasteiger partial charge in [0.25, 0.3) is 0 Å². The highest BCUT2D eigenvalue weighted by Crippen LogP contribution is 2.08. The average Bonchev–Trinajstić information content (AvgIpc) is 2.41. The Labute approximate surface area is 119 Å². The van der Waals surface area contributed by atoms with Crippen molar-refractivity contribution in [3.05, 3.63) is 35.1 Å². The minimum Gasteiger partial charge on any atom is -0.313 e. The number of halogens is 1. The molecule has 0 fully saturated rings. The quantitative estimate of drug-likeness (QED) is 0.700. The minimum atomic E-state index is -0.340. The van der Waals surface area contributed by atoms with Crippen LogP contribution in [-0.2, 0) is 6.54 Å².